The summed E-state index contributed by atoms with van der Waals surface area (Å²) in [7, 11) is 0. The number of fused-ring (bicyclic) bond motifs is 1. The molecule has 2 amide bonds. The maximum atomic E-state index is 13.0. The van der Waals surface area contributed by atoms with Crippen LogP contribution in [0.1, 0.15) is 10.4 Å². The SMILES string of the molecule is C=CCN1C(=O)CSc2ccc(C(=O)N3CCN(c4cccc[nH+]4)CC3)cc21. The Kier molecular flexibility index (Phi) is 5.34. The van der Waals surface area contributed by atoms with E-state index in [9.17, 15) is 9.59 Å². The normalized spacial score (nSPS) is 16.7. The van der Waals surface area contributed by atoms with Crippen LogP contribution in [0.2, 0.25) is 0 Å². The first kappa shape index (κ1) is 18.6. The van der Waals surface area contributed by atoms with Crippen molar-refractivity contribution in [1.82, 2.24) is 4.90 Å². The molecule has 3 heterocycles. The van der Waals surface area contributed by atoms with E-state index in [1.807, 2.05) is 47.5 Å². The van der Waals surface area contributed by atoms with E-state index in [0.717, 1.165) is 29.5 Å². The predicted octanol–water partition coefficient (Wildman–Crippen LogP) is 2.09. The molecule has 2 aliphatic heterocycles. The van der Waals surface area contributed by atoms with Crippen LogP contribution in [0.4, 0.5) is 11.5 Å². The lowest BCUT2D eigenvalue weighted by Gasteiger charge is -2.32. The summed E-state index contributed by atoms with van der Waals surface area (Å²) in [6, 6.07) is 11.7. The number of amides is 2. The fraction of sp³-hybridized carbons (Fsp3) is 0.286. The Bertz CT molecular complexity index is 895. The molecule has 0 aliphatic carbocycles. The molecule has 6 nitrogen and oxygen atoms in total. The number of carbonyl (C=O) groups is 2. The topological polar surface area (TPSA) is 58.0 Å². The van der Waals surface area contributed by atoms with Gasteiger partial charge in [0.15, 0.2) is 0 Å². The average molecular weight is 396 g/mol. The van der Waals surface area contributed by atoms with E-state index in [0.29, 0.717) is 31.0 Å². The van der Waals surface area contributed by atoms with Crippen molar-refractivity contribution in [3.8, 4) is 0 Å². The van der Waals surface area contributed by atoms with E-state index in [-0.39, 0.29) is 11.8 Å². The average Bonchev–Trinajstić information content (AvgIpc) is 2.76. The molecule has 2 aromatic rings. The van der Waals surface area contributed by atoms with E-state index in [2.05, 4.69) is 16.5 Å². The van der Waals surface area contributed by atoms with Crippen molar-refractivity contribution in [2.75, 3.05) is 48.3 Å². The van der Waals surface area contributed by atoms with E-state index >= 15 is 0 Å². The molecule has 0 radical (unpaired) electrons. The van der Waals surface area contributed by atoms with Gasteiger partial charge in [0.05, 0.1) is 30.7 Å². The number of nitrogens with zero attached hydrogens (tertiary/aromatic N) is 3. The molecule has 0 spiro atoms. The second-order valence-corrected chi connectivity index (χ2v) is 7.81. The number of thioether (sulfide) groups is 1. The molecule has 1 saturated heterocycles. The Labute approximate surface area is 168 Å². The van der Waals surface area contributed by atoms with Crippen LogP contribution >= 0.6 is 11.8 Å². The third-order valence-electron chi connectivity index (χ3n) is 5.06. The third kappa shape index (κ3) is 3.62. The Morgan fingerprint density at radius 3 is 2.71 bits per heavy atom. The lowest BCUT2D eigenvalue weighted by molar-refractivity contribution is -0.364. The van der Waals surface area contributed by atoms with Crippen LogP contribution in [0.15, 0.2) is 60.1 Å². The number of carbonyl (C=O) groups excluding carboxylic acids is 2. The minimum atomic E-state index is 0.0149. The van der Waals surface area contributed by atoms with E-state index < -0.39 is 0 Å². The maximum absolute atomic E-state index is 13.0. The molecular weight excluding hydrogens is 372 g/mol. The Morgan fingerprint density at radius 1 is 1.18 bits per heavy atom. The summed E-state index contributed by atoms with van der Waals surface area (Å²) in [5, 5.41) is 0. The number of aromatic nitrogens is 1. The molecule has 28 heavy (non-hydrogen) atoms. The molecule has 2 aliphatic rings. The number of hydrogen-bond donors (Lipinski definition) is 0. The standard InChI is InChI=1S/C21H22N4O2S/c1-2-9-25-17-14-16(6-7-18(17)28-15-20(25)26)21(27)24-12-10-23(11-13-24)19-5-3-4-8-22-19/h2-8,14H,1,9-13,15H2/p+1. The first-order chi connectivity index (χ1) is 13.7. The quantitative estimate of drug-likeness (QED) is 0.744. The van der Waals surface area contributed by atoms with Crippen molar-refractivity contribution < 1.29 is 14.6 Å². The summed E-state index contributed by atoms with van der Waals surface area (Å²) < 4.78 is 0. The summed E-state index contributed by atoms with van der Waals surface area (Å²) in [6.07, 6.45) is 3.63. The smallest absolute Gasteiger partial charge is 0.274 e. The Balaban J connectivity index is 1.49. The highest BCUT2D eigenvalue weighted by molar-refractivity contribution is 8.00. The van der Waals surface area contributed by atoms with E-state index in [1.165, 1.54) is 11.8 Å². The number of rotatable bonds is 4. The van der Waals surface area contributed by atoms with Gasteiger partial charge in [-0.3, -0.25) is 14.5 Å². The molecule has 1 aromatic carbocycles. The number of hydrogen-bond acceptors (Lipinski definition) is 4. The largest absolute Gasteiger partial charge is 0.331 e. The van der Waals surface area contributed by atoms with Gasteiger partial charge in [-0.05, 0) is 24.3 Å². The highest BCUT2D eigenvalue weighted by Crippen LogP contribution is 2.36. The van der Waals surface area contributed by atoms with Gasteiger partial charge in [0.25, 0.3) is 11.7 Å². The number of anilines is 2. The minimum absolute atomic E-state index is 0.0149. The van der Waals surface area contributed by atoms with Gasteiger partial charge in [0, 0.05) is 23.1 Å². The third-order valence-corrected chi connectivity index (χ3v) is 6.11. The van der Waals surface area contributed by atoms with Gasteiger partial charge >= 0.3 is 0 Å². The molecule has 4 rings (SSSR count). The zero-order valence-corrected chi connectivity index (χ0v) is 16.5. The molecule has 1 N–H and O–H groups in total. The van der Waals surface area contributed by atoms with Gasteiger partial charge < -0.3 is 9.80 Å². The van der Waals surface area contributed by atoms with Gasteiger partial charge in [-0.25, -0.2) is 4.98 Å². The highest BCUT2D eigenvalue weighted by Gasteiger charge is 2.29. The van der Waals surface area contributed by atoms with Crippen LogP contribution in [-0.4, -0.2) is 55.2 Å². The van der Waals surface area contributed by atoms with Crippen molar-refractivity contribution in [3.63, 3.8) is 0 Å². The number of H-pyrrole nitrogens is 1. The van der Waals surface area contributed by atoms with Crippen LogP contribution < -0.4 is 14.8 Å². The fourth-order valence-corrected chi connectivity index (χ4v) is 4.49. The predicted molar refractivity (Wildman–Crippen MR) is 111 cm³/mol. The number of nitrogens with one attached hydrogen (secondary N) is 1. The second-order valence-electron chi connectivity index (χ2n) is 6.79. The van der Waals surface area contributed by atoms with Gasteiger partial charge in [0.2, 0.25) is 5.91 Å². The van der Waals surface area contributed by atoms with Gasteiger partial charge in [0.1, 0.15) is 13.1 Å². The van der Waals surface area contributed by atoms with Crippen LogP contribution in [-0.2, 0) is 4.79 Å². The van der Waals surface area contributed by atoms with Crippen LogP contribution in [0.3, 0.4) is 0 Å². The van der Waals surface area contributed by atoms with Crippen LogP contribution in [0.5, 0.6) is 0 Å². The van der Waals surface area contributed by atoms with Gasteiger partial charge in [-0.15, -0.1) is 18.3 Å². The van der Waals surface area contributed by atoms with Crippen LogP contribution in [0, 0.1) is 0 Å². The Morgan fingerprint density at radius 2 is 2.00 bits per heavy atom. The first-order valence-electron chi connectivity index (χ1n) is 9.36. The monoisotopic (exact) mass is 395 g/mol. The molecule has 0 atom stereocenters. The van der Waals surface area contributed by atoms with Crippen LogP contribution in [0.25, 0.3) is 0 Å². The Hall–Kier alpha value is -2.80. The number of benzene rings is 1. The minimum Gasteiger partial charge on any atom is -0.331 e. The van der Waals surface area contributed by atoms with Crippen molar-refractivity contribution >= 4 is 35.1 Å². The molecular formula is C21H23N4O2S+. The summed E-state index contributed by atoms with van der Waals surface area (Å²) in [5.41, 5.74) is 1.44. The zero-order chi connectivity index (χ0) is 19.5. The summed E-state index contributed by atoms with van der Waals surface area (Å²) in [4.78, 5) is 35.4. The first-order valence-corrected chi connectivity index (χ1v) is 10.3. The van der Waals surface area contributed by atoms with Gasteiger partial charge in [-0.2, -0.15) is 0 Å². The highest BCUT2D eigenvalue weighted by atomic mass is 32.2. The summed E-state index contributed by atoms with van der Waals surface area (Å²) >= 11 is 1.52. The maximum Gasteiger partial charge on any atom is 0.274 e. The molecule has 1 fully saturated rings. The molecule has 144 valence electrons. The fourth-order valence-electron chi connectivity index (χ4n) is 3.58. The number of piperazine rings is 1. The molecule has 0 unspecified atom stereocenters. The lowest BCUT2D eigenvalue weighted by Crippen LogP contribution is -2.50. The summed E-state index contributed by atoms with van der Waals surface area (Å²) in [6.45, 7) is 7.11. The lowest BCUT2D eigenvalue weighted by atomic mass is 10.1. The van der Waals surface area contributed by atoms with Crippen molar-refractivity contribution in [3.05, 3.63) is 60.8 Å². The second kappa shape index (κ2) is 8.06. The van der Waals surface area contributed by atoms with Crippen molar-refractivity contribution in [1.29, 1.82) is 0 Å². The van der Waals surface area contributed by atoms with Crippen molar-refractivity contribution in [2.24, 2.45) is 0 Å². The van der Waals surface area contributed by atoms with Crippen molar-refractivity contribution in [2.45, 2.75) is 4.90 Å². The van der Waals surface area contributed by atoms with Gasteiger partial charge in [-0.1, -0.05) is 12.1 Å². The molecule has 0 bridgehead atoms. The summed E-state index contributed by atoms with van der Waals surface area (Å²) in [5.74, 6) is 1.56. The molecule has 1 aromatic heterocycles. The zero-order valence-electron chi connectivity index (χ0n) is 15.6. The number of aromatic amines is 1. The van der Waals surface area contributed by atoms with E-state index in [1.54, 1.807) is 11.0 Å². The molecule has 7 heteroatoms. The molecule has 0 saturated carbocycles. The van der Waals surface area contributed by atoms with E-state index in [4.69, 9.17) is 0 Å². The number of pyridine rings is 1.